The van der Waals surface area contributed by atoms with E-state index in [-0.39, 0.29) is 28.2 Å². The number of anilines is 3. The fourth-order valence-corrected chi connectivity index (χ4v) is 5.35. The zero-order valence-corrected chi connectivity index (χ0v) is 23.9. The second-order valence-electron chi connectivity index (χ2n) is 10.2. The Hall–Kier alpha value is -6.24. The van der Waals surface area contributed by atoms with E-state index >= 15 is 4.39 Å². The number of rotatable bonds is 7. The summed E-state index contributed by atoms with van der Waals surface area (Å²) in [4.78, 5) is 48.5. The number of carbonyl (C=O) groups is 3. The summed E-state index contributed by atoms with van der Waals surface area (Å²) in [7, 11) is 0. The molecule has 0 bridgehead atoms. The number of primary amides is 1. The van der Waals surface area contributed by atoms with Crippen LogP contribution in [0.4, 0.5) is 26.2 Å². The number of carbonyl (C=O) groups excluding carboxylic acids is 3. The summed E-state index contributed by atoms with van der Waals surface area (Å²) in [5, 5.41) is 13.7. The Kier molecular flexibility index (Phi) is 7.57. The highest BCUT2D eigenvalue weighted by molar-refractivity contribution is 6.23. The Bertz CT molecular complexity index is 1980. The van der Waals surface area contributed by atoms with Crippen molar-refractivity contribution in [2.45, 2.75) is 13.1 Å². The number of aromatic amines is 1. The smallest absolute Gasteiger partial charge is 0.321 e. The second-order valence-corrected chi connectivity index (χ2v) is 10.2. The van der Waals surface area contributed by atoms with Crippen molar-refractivity contribution in [2.24, 2.45) is 10.7 Å². The number of aryl methyl sites for hydroxylation is 1. The third-order valence-corrected chi connectivity index (χ3v) is 7.42. The molecular weight excluding hydrogens is 577 g/mol. The van der Waals surface area contributed by atoms with Gasteiger partial charge in [0, 0.05) is 33.6 Å². The SMILES string of the molecule is Cc1cccc2c1N(CC(=O)c1ccccc1N)C(=O)[C@@H](N(C(N)=O)c1cccc(-c3nnn[nH]3)c1)N=C2c1ccccc1F. The lowest BCUT2D eigenvalue weighted by molar-refractivity contribution is -0.119. The van der Waals surface area contributed by atoms with Gasteiger partial charge in [0.1, 0.15) is 5.82 Å². The number of nitrogen functional groups attached to an aromatic ring is 1. The number of aromatic nitrogens is 4. The molecule has 0 saturated carbocycles. The number of urea groups is 1. The maximum atomic E-state index is 15.4. The number of nitrogens with two attached hydrogens (primary N) is 2. The first-order valence-corrected chi connectivity index (χ1v) is 13.8. The van der Waals surface area contributed by atoms with Crippen molar-refractivity contribution in [2.75, 3.05) is 22.1 Å². The lowest BCUT2D eigenvalue weighted by Crippen LogP contribution is -2.53. The molecule has 45 heavy (non-hydrogen) atoms. The van der Waals surface area contributed by atoms with Crippen molar-refractivity contribution >= 4 is 40.5 Å². The first-order valence-electron chi connectivity index (χ1n) is 13.8. The molecule has 6 rings (SSSR count). The van der Waals surface area contributed by atoms with Gasteiger partial charge in [0.25, 0.3) is 5.91 Å². The summed E-state index contributed by atoms with van der Waals surface area (Å²) in [5.74, 6) is -1.49. The van der Waals surface area contributed by atoms with Crippen molar-refractivity contribution in [3.63, 3.8) is 0 Å². The molecule has 0 fully saturated rings. The summed E-state index contributed by atoms with van der Waals surface area (Å²) in [6.45, 7) is 1.32. The number of para-hydroxylation sites is 2. The van der Waals surface area contributed by atoms with Gasteiger partial charge in [-0.15, -0.1) is 5.10 Å². The van der Waals surface area contributed by atoms with Crippen molar-refractivity contribution in [3.05, 3.63) is 119 Å². The minimum absolute atomic E-state index is 0.0912. The molecule has 0 radical (unpaired) electrons. The summed E-state index contributed by atoms with van der Waals surface area (Å²) < 4.78 is 15.4. The number of aliphatic imine (C=N–C) groups is 1. The number of benzodiazepines with no additional fused rings is 1. The summed E-state index contributed by atoms with van der Waals surface area (Å²) in [5.41, 5.74) is 14.7. The van der Waals surface area contributed by atoms with E-state index < -0.39 is 36.2 Å². The molecule has 0 aliphatic carbocycles. The quantitative estimate of drug-likeness (QED) is 0.187. The highest BCUT2D eigenvalue weighted by Gasteiger charge is 2.40. The number of hydrogen-bond acceptors (Lipinski definition) is 8. The van der Waals surface area contributed by atoms with Crippen LogP contribution in [0.5, 0.6) is 0 Å². The molecule has 1 aliphatic heterocycles. The van der Waals surface area contributed by atoms with Gasteiger partial charge < -0.3 is 16.4 Å². The first kappa shape index (κ1) is 28.9. The molecule has 0 unspecified atom stereocenters. The molecular formula is C32H26FN9O3. The number of Topliss-reactive ketones (excluding diaryl/α,β-unsaturated/α-hetero) is 1. The van der Waals surface area contributed by atoms with Gasteiger partial charge in [0.05, 0.1) is 17.9 Å². The summed E-state index contributed by atoms with van der Waals surface area (Å²) >= 11 is 0. The standard InChI is InChI=1S/C32H26FN9O3/c1-18-8-6-13-23-27(21-11-2-4-14-24(21)33)36-30(31(44)41(28(18)23)17-26(43)22-12-3-5-15-25(22)34)42(32(35)45)20-10-7-9-19(16-20)29-37-39-40-38-29/h2-16,30H,17,34H2,1H3,(H2,35,45)(H,37,38,39,40)/t30-/m1/s1. The Morgan fingerprint density at radius 2 is 1.71 bits per heavy atom. The van der Waals surface area contributed by atoms with Crippen LogP contribution in [0.15, 0.2) is 96.0 Å². The van der Waals surface area contributed by atoms with Crippen LogP contribution in [-0.2, 0) is 4.79 Å². The van der Waals surface area contributed by atoms with Crippen LogP contribution in [0.25, 0.3) is 11.4 Å². The van der Waals surface area contributed by atoms with E-state index in [0.717, 1.165) is 4.90 Å². The van der Waals surface area contributed by atoms with Gasteiger partial charge >= 0.3 is 6.03 Å². The van der Waals surface area contributed by atoms with E-state index in [0.29, 0.717) is 28.2 Å². The van der Waals surface area contributed by atoms with Crippen LogP contribution in [0, 0.1) is 12.7 Å². The molecule has 1 aliphatic rings. The molecule has 4 aromatic carbocycles. The van der Waals surface area contributed by atoms with Crippen LogP contribution in [0.2, 0.25) is 0 Å². The topological polar surface area (TPSA) is 177 Å². The fourth-order valence-electron chi connectivity index (χ4n) is 5.35. The van der Waals surface area contributed by atoms with Crippen LogP contribution in [0.1, 0.15) is 27.0 Å². The van der Waals surface area contributed by atoms with Gasteiger partial charge in [-0.2, -0.15) is 0 Å². The minimum atomic E-state index is -1.65. The third-order valence-electron chi connectivity index (χ3n) is 7.42. The largest absolute Gasteiger partial charge is 0.398 e. The van der Waals surface area contributed by atoms with E-state index in [1.54, 1.807) is 79.7 Å². The minimum Gasteiger partial charge on any atom is -0.398 e. The number of tetrazole rings is 1. The lowest BCUT2D eigenvalue weighted by Gasteiger charge is -2.31. The Morgan fingerprint density at radius 3 is 2.44 bits per heavy atom. The van der Waals surface area contributed by atoms with Gasteiger partial charge in [-0.3, -0.25) is 14.5 Å². The number of fused-ring (bicyclic) bond motifs is 1. The molecule has 2 heterocycles. The van der Waals surface area contributed by atoms with Crippen LogP contribution < -0.4 is 21.3 Å². The Morgan fingerprint density at radius 1 is 0.978 bits per heavy atom. The molecule has 1 atom stereocenters. The van der Waals surface area contributed by atoms with Gasteiger partial charge in [-0.1, -0.05) is 54.6 Å². The molecule has 1 aromatic heterocycles. The highest BCUT2D eigenvalue weighted by atomic mass is 19.1. The summed E-state index contributed by atoms with van der Waals surface area (Å²) in [6.07, 6.45) is -1.65. The normalized spacial score (nSPS) is 14.4. The fraction of sp³-hybridized carbons (Fsp3) is 0.0938. The van der Waals surface area contributed by atoms with E-state index in [9.17, 15) is 14.4 Å². The molecule has 3 amide bonds. The van der Waals surface area contributed by atoms with E-state index in [1.165, 1.54) is 23.1 Å². The van der Waals surface area contributed by atoms with Crippen molar-refractivity contribution < 1.29 is 18.8 Å². The van der Waals surface area contributed by atoms with Crippen molar-refractivity contribution in [1.82, 2.24) is 20.6 Å². The zero-order valence-electron chi connectivity index (χ0n) is 23.9. The van der Waals surface area contributed by atoms with Crippen LogP contribution in [-0.4, -0.2) is 56.8 Å². The number of benzene rings is 4. The predicted molar refractivity (Wildman–Crippen MR) is 166 cm³/mol. The Balaban J connectivity index is 1.57. The molecule has 5 aromatic rings. The number of hydrogen-bond donors (Lipinski definition) is 3. The average molecular weight is 604 g/mol. The van der Waals surface area contributed by atoms with Crippen molar-refractivity contribution in [1.29, 1.82) is 0 Å². The zero-order chi connectivity index (χ0) is 31.7. The van der Waals surface area contributed by atoms with Gasteiger partial charge in [-0.05, 0) is 59.3 Å². The maximum absolute atomic E-state index is 15.4. The van der Waals surface area contributed by atoms with E-state index in [1.807, 2.05) is 0 Å². The van der Waals surface area contributed by atoms with Crippen molar-refractivity contribution in [3.8, 4) is 11.4 Å². The number of nitrogens with one attached hydrogen (secondary N) is 1. The first-order chi connectivity index (χ1) is 21.7. The number of amides is 3. The Labute approximate surface area is 256 Å². The average Bonchev–Trinajstić information content (AvgIpc) is 3.54. The summed E-state index contributed by atoms with van der Waals surface area (Å²) in [6, 6.07) is 23.1. The molecule has 13 heteroatoms. The molecule has 0 saturated heterocycles. The molecule has 12 nitrogen and oxygen atoms in total. The van der Waals surface area contributed by atoms with Gasteiger partial charge in [0.2, 0.25) is 6.17 Å². The number of nitrogens with zero attached hydrogens (tertiary/aromatic N) is 6. The predicted octanol–water partition coefficient (Wildman–Crippen LogP) is 3.87. The lowest BCUT2D eigenvalue weighted by atomic mass is 9.97. The second kappa shape index (κ2) is 11.8. The van der Waals surface area contributed by atoms with E-state index in [4.69, 9.17) is 16.5 Å². The number of H-pyrrole nitrogens is 1. The van der Waals surface area contributed by atoms with E-state index in [2.05, 4.69) is 20.6 Å². The van der Waals surface area contributed by atoms with Crippen LogP contribution in [0.3, 0.4) is 0 Å². The van der Waals surface area contributed by atoms with Crippen LogP contribution >= 0.6 is 0 Å². The number of halogens is 1. The molecule has 0 spiro atoms. The maximum Gasteiger partial charge on any atom is 0.321 e. The van der Waals surface area contributed by atoms with Gasteiger partial charge in [-0.25, -0.2) is 19.3 Å². The molecule has 224 valence electrons. The number of ketones is 1. The van der Waals surface area contributed by atoms with Gasteiger partial charge in [0.15, 0.2) is 11.6 Å². The highest BCUT2D eigenvalue weighted by Crippen LogP contribution is 2.35. The monoisotopic (exact) mass is 603 g/mol. The third kappa shape index (κ3) is 5.38. The molecule has 5 N–H and O–H groups in total.